The van der Waals surface area contributed by atoms with E-state index in [1.807, 2.05) is 0 Å². The number of halogens is 1. The Hall–Kier alpha value is -2.96. The Morgan fingerprint density at radius 1 is 0.882 bits per heavy atom. The van der Waals surface area contributed by atoms with E-state index < -0.39 is 15.8 Å². The first-order valence-electron chi connectivity index (χ1n) is 11.7. The van der Waals surface area contributed by atoms with Crippen LogP contribution < -0.4 is 0 Å². The van der Waals surface area contributed by atoms with E-state index in [0.717, 1.165) is 6.54 Å². The van der Waals surface area contributed by atoms with Crippen molar-refractivity contribution in [3.63, 3.8) is 0 Å². The number of hydrogen-bond acceptors (Lipinski definition) is 2. The smallest absolute Gasteiger partial charge is 0.245 e. The summed E-state index contributed by atoms with van der Waals surface area (Å²) in [6.07, 6.45) is 1.43. The van der Waals surface area contributed by atoms with Crippen molar-refractivity contribution in [1.29, 1.82) is 0 Å². The van der Waals surface area contributed by atoms with Gasteiger partial charge in [0.1, 0.15) is 10.7 Å². The number of piperidine rings is 1. The van der Waals surface area contributed by atoms with Gasteiger partial charge in [0.25, 0.3) is 0 Å². The number of fused-ring (bicyclic) bond motifs is 1. The summed E-state index contributed by atoms with van der Waals surface area (Å²) in [7, 11) is -3.84. The fourth-order valence-electron chi connectivity index (χ4n) is 5.31. The minimum Gasteiger partial charge on any atom is -0.340 e. The molecule has 34 heavy (non-hydrogen) atoms. The average Bonchev–Trinajstić information content (AvgIpc) is 3.12. The summed E-state index contributed by atoms with van der Waals surface area (Å²) in [5.41, 5.74) is 6.32. The average molecular weight is 477 g/mol. The maximum Gasteiger partial charge on any atom is 0.245 e. The quantitative estimate of drug-likeness (QED) is 0.354. The first-order chi connectivity index (χ1) is 16.4. The summed E-state index contributed by atoms with van der Waals surface area (Å²) in [6, 6.07) is 22.6. The molecule has 3 aromatic carbocycles. The van der Waals surface area contributed by atoms with E-state index in [-0.39, 0.29) is 10.8 Å². The van der Waals surface area contributed by atoms with Crippen molar-refractivity contribution in [2.24, 2.45) is 0 Å². The zero-order valence-corrected chi connectivity index (χ0v) is 20.4. The molecule has 4 aromatic rings. The van der Waals surface area contributed by atoms with Gasteiger partial charge in [-0.2, -0.15) is 4.31 Å². The second-order valence-corrected chi connectivity index (χ2v) is 11.0. The molecule has 1 saturated heterocycles. The summed E-state index contributed by atoms with van der Waals surface area (Å²) in [6.45, 7) is 5.90. The van der Waals surface area contributed by atoms with Crippen molar-refractivity contribution in [3.8, 4) is 0 Å². The van der Waals surface area contributed by atoms with Crippen LogP contribution in [0.3, 0.4) is 0 Å². The molecular weight excluding hydrogens is 447 g/mol. The van der Waals surface area contributed by atoms with Gasteiger partial charge >= 0.3 is 0 Å². The van der Waals surface area contributed by atoms with E-state index >= 15 is 0 Å². The SMILES string of the molecule is Cc1ccccc1Cn1c(C)c(C2CCN(S(=O)(=O)c3ccccc3F)CC2)c2ccccc21. The van der Waals surface area contributed by atoms with Gasteiger partial charge < -0.3 is 4.57 Å². The molecule has 2 heterocycles. The van der Waals surface area contributed by atoms with Gasteiger partial charge in [-0.25, -0.2) is 12.8 Å². The lowest BCUT2D eigenvalue weighted by Crippen LogP contribution is -2.38. The van der Waals surface area contributed by atoms with E-state index in [0.29, 0.717) is 25.9 Å². The molecule has 0 saturated carbocycles. The Morgan fingerprint density at radius 2 is 1.53 bits per heavy atom. The molecule has 0 atom stereocenters. The number of sulfonamides is 1. The maximum absolute atomic E-state index is 14.2. The van der Waals surface area contributed by atoms with Crippen molar-refractivity contribution < 1.29 is 12.8 Å². The zero-order valence-electron chi connectivity index (χ0n) is 19.5. The Labute approximate surface area is 200 Å². The summed E-state index contributed by atoms with van der Waals surface area (Å²) in [5, 5.41) is 1.24. The Morgan fingerprint density at radius 3 is 2.26 bits per heavy atom. The second-order valence-electron chi connectivity index (χ2n) is 9.14. The number of benzene rings is 3. The van der Waals surface area contributed by atoms with Gasteiger partial charge in [0.15, 0.2) is 0 Å². The maximum atomic E-state index is 14.2. The van der Waals surface area contributed by atoms with Gasteiger partial charge in [0.05, 0.1) is 0 Å². The molecule has 1 aromatic heterocycles. The molecule has 5 rings (SSSR count). The highest BCUT2D eigenvalue weighted by molar-refractivity contribution is 7.89. The van der Waals surface area contributed by atoms with Crippen LogP contribution in [-0.4, -0.2) is 30.4 Å². The van der Waals surface area contributed by atoms with E-state index in [2.05, 4.69) is 66.9 Å². The van der Waals surface area contributed by atoms with Crippen LogP contribution in [0.15, 0.2) is 77.7 Å². The molecule has 0 aliphatic carbocycles. The van der Waals surface area contributed by atoms with Crippen LogP contribution >= 0.6 is 0 Å². The first-order valence-corrected chi connectivity index (χ1v) is 13.2. The van der Waals surface area contributed by atoms with Crippen molar-refractivity contribution >= 4 is 20.9 Å². The van der Waals surface area contributed by atoms with Crippen LogP contribution in [0.1, 0.15) is 41.1 Å². The number of para-hydroxylation sites is 1. The van der Waals surface area contributed by atoms with Gasteiger partial charge in [-0.15, -0.1) is 0 Å². The summed E-state index contributed by atoms with van der Waals surface area (Å²) < 4.78 is 44.1. The summed E-state index contributed by atoms with van der Waals surface area (Å²) >= 11 is 0. The number of aromatic nitrogens is 1. The standard InChI is InChI=1S/C28H29FN2O2S/c1-20-9-3-4-10-23(20)19-31-21(2)28(24-11-5-7-13-26(24)31)22-15-17-30(18-16-22)34(32,33)27-14-8-6-12-25(27)29/h3-14,22H,15-19H2,1-2H3. The third kappa shape index (κ3) is 3.95. The van der Waals surface area contributed by atoms with Crippen LogP contribution in [0.5, 0.6) is 0 Å². The Kier molecular flexibility index (Phi) is 6.04. The molecule has 0 N–H and O–H groups in total. The van der Waals surface area contributed by atoms with E-state index in [9.17, 15) is 12.8 Å². The fraction of sp³-hybridized carbons (Fsp3) is 0.286. The number of rotatable bonds is 5. The molecule has 0 unspecified atom stereocenters. The highest BCUT2D eigenvalue weighted by Gasteiger charge is 2.33. The summed E-state index contributed by atoms with van der Waals surface area (Å²) in [4.78, 5) is -0.237. The highest BCUT2D eigenvalue weighted by Crippen LogP contribution is 2.39. The van der Waals surface area contributed by atoms with Gasteiger partial charge in [-0.05, 0) is 67.5 Å². The monoisotopic (exact) mass is 476 g/mol. The topological polar surface area (TPSA) is 42.3 Å². The Bertz CT molecular complexity index is 1450. The highest BCUT2D eigenvalue weighted by atomic mass is 32.2. The lowest BCUT2D eigenvalue weighted by Gasteiger charge is -2.31. The van der Waals surface area contributed by atoms with Crippen LogP contribution in [0.2, 0.25) is 0 Å². The normalized spacial score (nSPS) is 15.7. The minimum absolute atomic E-state index is 0.237. The van der Waals surface area contributed by atoms with Crippen molar-refractivity contribution in [2.45, 2.75) is 44.0 Å². The lowest BCUT2D eigenvalue weighted by atomic mass is 9.88. The number of hydrogen-bond donors (Lipinski definition) is 0. The lowest BCUT2D eigenvalue weighted by molar-refractivity contribution is 0.318. The molecule has 0 spiro atoms. The first kappa shape index (κ1) is 22.8. The van der Waals surface area contributed by atoms with Gasteiger partial charge in [0.2, 0.25) is 10.0 Å². The third-order valence-corrected chi connectivity index (χ3v) is 9.12. The predicted molar refractivity (Wildman–Crippen MR) is 134 cm³/mol. The van der Waals surface area contributed by atoms with Crippen LogP contribution in [0.25, 0.3) is 10.9 Å². The van der Waals surface area contributed by atoms with Crippen molar-refractivity contribution in [3.05, 3.63) is 101 Å². The molecule has 4 nitrogen and oxygen atoms in total. The molecule has 176 valence electrons. The van der Waals surface area contributed by atoms with Crippen LogP contribution in [0, 0.1) is 19.7 Å². The van der Waals surface area contributed by atoms with Crippen molar-refractivity contribution in [2.75, 3.05) is 13.1 Å². The van der Waals surface area contributed by atoms with E-state index in [1.54, 1.807) is 6.07 Å². The summed E-state index contributed by atoms with van der Waals surface area (Å²) in [5.74, 6) is -0.435. The van der Waals surface area contributed by atoms with E-state index in [1.165, 1.54) is 55.8 Å². The molecule has 0 radical (unpaired) electrons. The second kappa shape index (κ2) is 9.01. The molecule has 0 amide bonds. The number of nitrogens with zero attached hydrogens (tertiary/aromatic N) is 2. The largest absolute Gasteiger partial charge is 0.340 e. The molecule has 6 heteroatoms. The van der Waals surface area contributed by atoms with Gasteiger partial charge in [0, 0.05) is 36.2 Å². The number of aryl methyl sites for hydroxylation is 1. The molecule has 1 fully saturated rings. The molecule has 0 bridgehead atoms. The van der Waals surface area contributed by atoms with Crippen LogP contribution in [0.4, 0.5) is 4.39 Å². The van der Waals surface area contributed by atoms with Crippen LogP contribution in [-0.2, 0) is 16.6 Å². The third-order valence-electron chi connectivity index (χ3n) is 7.19. The predicted octanol–water partition coefficient (Wildman–Crippen LogP) is 6.01. The van der Waals surface area contributed by atoms with Gasteiger partial charge in [-0.3, -0.25) is 0 Å². The zero-order chi connectivity index (χ0) is 23.9. The molecule has 1 aliphatic rings. The molecule has 1 aliphatic heterocycles. The van der Waals surface area contributed by atoms with E-state index in [4.69, 9.17) is 0 Å². The Balaban J connectivity index is 1.45. The fourth-order valence-corrected chi connectivity index (χ4v) is 6.85. The van der Waals surface area contributed by atoms with Gasteiger partial charge in [-0.1, -0.05) is 54.6 Å². The van der Waals surface area contributed by atoms with Crippen molar-refractivity contribution in [1.82, 2.24) is 8.87 Å². The molecular formula is C28H29FN2O2S. The minimum atomic E-state index is -3.84.